The van der Waals surface area contributed by atoms with Gasteiger partial charge in [0, 0.05) is 5.56 Å². The van der Waals surface area contributed by atoms with Crippen LogP contribution in [0, 0.1) is 0 Å². The molecule has 9 heteroatoms. The molecule has 0 saturated carbocycles. The van der Waals surface area contributed by atoms with Crippen LogP contribution in [0.5, 0.6) is 0 Å². The van der Waals surface area contributed by atoms with E-state index in [0.717, 1.165) is 0 Å². The normalized spacial score (nSPS) is 11.5. The fraction of sp³-hybridized carbons (Fsp3) is 0.250. The first-order valence-electron chi connectivity index (χ1n) is 8.66. The van der Waals surface area contributed by atoms with Gasteiger partial charge in [-0.3, -0.25) is 9.36 Å². The molecule has 5 nitrogen and oxygen atoms in total. The predicted octanol–water partition coefficient (Wildman–Crippen LogP) is 6.33. The molecule has 0 fully saturated rings. The molecule has 0 aliphatic rings. The lowest BCUT2D eigenvalue weighted by Gasteiger charge is -2.19. The molecule has 0 aliphatic carbocycles. The second kappa shape index (κ2) is 8.96. The van der Waals surface area contributed by atoms with E-state index in [0.29, 0.717) is 37.3 Å². The van der Waals surface area contributed by atoms with Gasteiger partial charge in [-0.1, -0.05) is 58.7 Å². The molecule has 0 bridgehead atoms. The summed E-state index contributed by atoms with van der Waals surface area (Å²) in [7, 11) is 0. The van der Waals surface area contributed by atoms with Crippen LogP contribution in [0.4, 0.5) is 0 Å². The third kappa shape index (κ3) is 5.45. The number of hydrogen-bond donors (Lipinski definition) is 0. The Balaban J connectivity index is 2.02. The maximum Gasteiger partial charge on any atom is 0.316 e. The summed E-state index contributed by atoms with van der Waals surface area (Å²) < 4.78 is 7.16. The van der Waals surface area contributed by atoms with Crippen molar-refractivity contribution in [1.82, 2.24) is 14.8 Å². The molecule has 0 spiro atoms. The predicted molar refractivity (Wildman–Crippen MR) is 118 cm³/mol. The second-order valence-electron chi connectivity index (χ2n) is 7.09. The van der Waals surface area contributed by atoms with Crippen molar-refractivity contribution in [2.75, 3.05) is 5.75 Å². The summed E-state index contributed by atoms with van der Waals surface area (Å²) in [4.78, 5) is 12.1. The Kier molecular flexibility index (Phi) is 6.79. The van der Waals surface area contributed by atoms with Crippen LogP contribution >= 0.6 is 46.6 Å². The Bertz CT molecular complexity index is 1050. The van der Waals surface area contributed by atoms with E-state index in [1.165, 1.54) is 11.8 Å². The first kappa shape index (κ1) is 22.0. The van der Waals surface area contributed by atoms with Gasteiger partial charge in [0.15, 0.2) is 11.0 Å². The summed E-state index contributed by atoms with van der Waals surface area (Å²) in [5.74, 6) is 0.269. The van der Waals surface area contributed by atoms with E-state index in [9.17, 15) is 4.79 Å². The van der Waals surface area contributed by atoms with Gasteiger partial charge >= 0.3 is 5.97 Å². The van der Waals surface area contributed by atoms with Gasteiger partial charge in [0.2, 0.25) is 0 Å². The van der Waals surface area contributed by atoms with Crippen LogP contribution in [-0.4, -0.2) is 32.1 Å². The molecular formula is C20H18Cl3N3O2S. The summed E-state index contributed by atoms with van der Waals surface area (Å²) in [6.45, 7) is 5.47. The van der Waals surface area contributed by atoms with Crippen LogP contribution in [0.25, 0.3) is 17.1 Å². The summed E-state index contributed by atoms with van der Waals surface area (Å²) in [6.07, 6.45) is 0. The van der Waals surface area contributed by atoms with Gasteiger partial charge in [-0.2, -0.15) is 0 Å². The number of esters is 1. The minimum atomic E-state index is -0.558. The van der Waals surface area contributed by atoms with Crippen molar-refractivity contribution in [3.63, 3.8) is 0 Å². The molecule has 3 rings (SSSR count). The standard InChI is InChI=1S/C20H18Cl3N3O2S/c1-20(2,3)28-17(27)11-29-19-25-24-18(13-6-4-5-7-14(13)21)26(19)12-8-9-15(22)16(23)10-12/h4-10H,11H2,1-3H3. The molecular weight excluding hydrogens is 453 g/mol. The van der Waals surface area contributed by atoms with Crippen molar-refractivity contribution in [3.8, 4) is 17.1 Å². The zero-order valence-corrected chi connectivity index (χ0v) is 19.0. The largest absolute Gasteiger partial charge is 0.459 e. The quantitative estimate of drug-likeness (QED) is 0.322. The lowest BCUT2D eigenvalue weighted by molar-refractivity contribution is -0.151. The van der Waals surface area contributed by atoms with E-state index < -0.39 is 5.60 Å². The molecule has 1 aromatic heterocycles. The van der Waals surface area contributed by atoms with Gasteiger partial charge in [-0.15, -0.1) is 10.2 Å². The number of benzene rings is 2. The van der Waals surface area contributed by atoms with Crippen molar-refractivity contribution in [3.05, 3.63) is 57.5 Å². The number of nitrogens with zero attached hydrogens (tertiary/aromatic N) is 3. The lowest BCUT2D eigenvalue weighted by Crippen LogP contribution is -2.25. The number of hydrogen-bond acceptors (Lipinski definition) is 5. The van der Waals surface area contributed by atoms with Crippen molar-refractivity contribution >= 4 is 52.5 Å². The molecule has 0 amide bonds. The van der Waals surface area contributed by atoms with Crippen molar-refractivity contribution in [2.45, 2.75) is 31.5 Å². The number of halogens is 3. The molecule has 0 radical (unpaired) electrons. The third-order valence-corrected chi connectivity index (χ3v) is 5.62. The van der Waals surface area contributed by atoms with E-state index in [2.05, 4.69) is 10.2 Å². The van der Waals surface area contributed by atoms with E-state index in [1.54, 1.807) is 28.8 Å². The molecule has 0 atom stereocenters. The Morgan fingerprint density at radius 3 is 2.41 bits per heavy atom. The highest BCUT2D eigenvalue weighted by atomic mass is 35.5. The molecule has 152 valence electrons. The first-order chi connectivity index (χ1) is 13.7. The summed E-state index contributed by atoms with van der Waals surface area (Å²) in [6, 6.07) is 12.5. The average Bonchev–Trinajstić information content (AvgIpc) is 3.05. The zero-order valence-electron chi connectivity index (χ0n) is 15.9. The maximum atomic E-state index is 12.1. The number of carbonyl (C=O) groups is 1. The number of ether oxygens (including phenoxy) is 1. The molecule has 2 aromatic carbocycles. The number of thioether (sulfide) groups is 1. The van der Waals surface area contributed by atoms with Crippen LogP contribution in [0.1, 0.15) is 20.8 Å². The van der Waals surface area contributed by atoms with Crippen LogP contribution in [-0.2, 0) is 9.53 Å². The van der Waals surface area contributed by atoms with Crippen molar-refractivity contribution < 1.29 is 9.53 Å². The van der Waals surface area contributed by atoms with E-state index in [-0.39, 0.29) is 11.7 Å². The van der Waals surface area contributed by atoms with Crippen LogP contribution in [0.2, 0.25) is 15.1 Å². The summed E-state index contributed by atoms with van der Waals surface area (Å²) in [5, 5.41) is 10.4. The van der Waals surface area contributed by atoms with Crippen LogP contribution in [0.3, 0.4) is 0 Å². The molecule has 0 aliphatic heterocycles. The molecule has 1 heterocycles. The molecule has 3 aromatic rings. The van der Waals surface area contributed by atoms with Gasteiger partial charge in [-0.05, 0) is 51.1 Å². The van der Waals surface area contributed by atoms with Crippen molar-refractivity contribution in [1.29, 1.82) is 0 Å². The number of aromatic nitrogens is 3. The van der Waals surface area contributed by atoms with Crippen molar-refractivity contribution in [2.24, 2.45) is 0 Å². The van der Waals surface area contributed by atoms with Crippen LogP contribution in [0.15, 0.2) is 47.6 Å². The minimum Gasteiger partial charge on any atom is -0.459 e. The third-order valence-electron chi connectivity index (χ3n) is 3.65. The monoisotopic (exact) mass is 469 g/mol. The number of carbonyl (C=O) groups excluding carboxylic acids is 1. The summed E-state index contributed by atoms with van der Waals surface area (Å²) in [5.41, 5.74) is 0.848. The molecule has 0 saturated heterocycles. The fourth-order valence-electron chi connectivity index (χ4n) is 2.53. The Hall–Kier alpha value is -1.73. The number of rotatable bonds is 5. The Labute approximate surface area is 188 Å². The fourth-order valence-corrected chi connectivity index (χ4v) is 3.77. The van der Waals surface area contributed by atoms with Crippen LogP contribution < -0.4 is 0 Å². The lowest BCUT2D eigenvalue weighted by atomic mass is 10.2. The van der Waals surface area contributed by atoms with Gasteiger partial charge in [-0.25, -0.2) is 0 Å². The van der Waals surface area contributed by atoms with Gasteiger partial charge in [0.25, 0.3) is 0 Å². The van der Waals surface area contributed by atoms with Gasteiger partial charge in [0.05, 0.1) is 26.5 Å². The molecule has 0 N–H and O–H groups in total. The van der Waals surface area contributed by atoms with Gasteiger partial charge in [0.1, 0.15) is 5.60 Å². The highest BCUT2D eigenvalue weighted by molar-refractivity contribution is 7.99. The topological polar surface area (TPSA) is 57.0 Å². The highest BCUT2D eigenvalue weighted by Gasteiger charge is 2.21. The minimum absolute atomic E-state index is 0.0826. The maximum absolute atomic E-state index is 12.1. The zero-order chi connectivity index (χ0) is 21.2. The Morgan fingerprint density at radius 1 is 1.03 bits per heavy atom. The molecule has 29 heavy (non-hydrogen) atoms. The Morgan fingerprint density at radius 2 is 1.76 bits per heavy atom. The molecule has 0 unspecified atom stereocenters. The SMILES string of the molecule is CC(C)(C)OC(=O)CSc1nnc(-c2ccccc2Cl)n1-c1ccc(Cl)c(Cl)c1. The van der Waals surface area contributed by atoms with E-state index >= 15 is 0 Å². The highest BCUT2D eigenvalue weighted by Crippen LogP contribution is 2.34. The van der Waals surface area contributed by atoms with E-state index in [4.69, 9.17) is 39.5 Å². The second-order valence-corrected chi connectivity index (χ2v) is 9.26. The van der Waals surface area contributed by atoms with Gasteiger partial charge < -0.3 is 4.74 Å². The average molecular weight is 471 g/mol. The summed E-state index contributed by atoms with van der Waals surface area (Å²) >= 11 is 19.9. The first-order valence-corrected chi connectivity index (χ1v) is 10.8. The van der Waals surface area contributed by atoms with E-state index in [1.807, 2.05) is 39.0 Å². The smallest absolute Gasteiger partial charge is 0.316 e.